The second kappa shape index (κ2) is 7.52. The average molecular weight is 353 g/mol. The molecule has 0 fully saturated rings. The molecule has 0 saturated carbocycles. The molecule has 1 aromatic heterocycles. The van der Waals surface area contributed by atoms with Crippen LogP contribution >= 0.6 is 15.9 Å². The minimum absolute atomic E-state index is 0.245. The third-order valence-electron chi connectivity index (χ3n) is 3.02. The van der Waals surface area contributed by atoms with Gasteiger partial charge in [0.05, 0.1) is 0 Å². The van der Waals surface area contributed by atoms with Crippen LogP contribution in [-0.4, -0.2) is 11.5 Å². The largest absolute Gasteiger partial charge is 0.439 e. The van der Waals surface area contributed by atoms with Gasteiger partial charge in [-0.05, 0) is 37.6 Å². The second-order valence-electron chi connectivity index (χ2n) is 4.81. The highest BCUT2D eigenvalue weighted by Crippen LogP contribution is 2.25. The maximum absolute atomic E-state index is 13.3. The minimum Gasteiger partial charge on any atom is -0.439 e. The topological polar surface area (TPSA) is 34.1 Å². The molecular formula is C16H18BrFN2O. The Bertz CT molecular complexity index is 569. The van der Waals surface area contributed by atoms with Crippen molar-refractivity contribution in [3.63, 3.8) is 0 Å². The van der Waals surface area contributed by atoms with Gasteiger partial charge in [0.15, 0.2) is 0 Å². The Morgan fingerprint density at radius 3 is 2.76 bits per heavy atom. The van der Waals surface area contributed by atoms with Crippen LogP contribution in [-0.2, 0) is 0 Å². The first-order valence-electron chi connectivity index (χ1n) is 6.91. The van der Waals surface area contributed by atoms with E-state index in [2.05, 4.69) is 40.1 Å². The van der Waals surface area contributed by atoms with E-state index < -0.39 is 0 Å². The van der Waals surface area contributed by atoms with E-state index in [1.807, 2.05) is 6.07 Å². The summed E-state index contributed by atoms with van der Waals surface area (Å²) in [6, 6.07) is 8.40. The van der Waals surface area contributed by atoms with E-state index in [0.29, 0.717) is 16.1 Å². The van der Waals surface area contributed by atoms with Gasteiger partial charge >= 0.3 is 0 Å². The van der Waals surface area contributed by atoms with E-state index in [1.54, 1.807) is 18.3 Å². The van der Waals surface area contributed by atoms with Gasteiger partial charge in [0.25, 0.3) is 0 Å². The number of nitrogens with one attached hydrogen (secondary N) is 1. The number of halogens is 2. The number of aromatic nitrogens is 1. The molecule has 112 valence electrons. The molecule has 1 N–H and O–H groups in total. The maximum atomic E-state index is 13.3. The smallest absolute Gasteiger partial charge is 0.219 e. The number of rotatable bonds is 6. The highest BCUT2D eigenvalue weighted by molar-refractivity contribution is 9.10. The Morgan fingerprint density at radius 1 is 1.33 bits per heavy atom. The lowest BCUT2D eigenvalue weighted by atomic mass is 10.1. The van der Waals surface area contributed by atoms with Crippen LogP contribution in [0, 0.1) is 5.82 Å². The molecule has 1 aromatic carbocycles. The first-order chi connectivity index (χ1) is 10.1. The van der Waals surface area contributed by atoms with Crippen LogP contribution in [0.3, 0.4) is 0 Å². The van der Waals surface area contributed by atoms with E-state index in [4.69, 9.17) is 4.74 Å². The van der Waals surface area contributed by atoms with E-state index in [9.17, 15) is 4.39 Å². The van der Waals surface area contributed by atoms with Crippen LogP contribution in [0.5, 0.6) is 11.6 Å². The highest BCUT2D eigenvalue weighted by Gasteiger charge is 2.06. The fourth-order valence-electron chi connectivity index (χ4n) is 1.90. The van der Waals surface area contributed by atoms with Crippen molar-refractivity contribution in [2.45, 2.75) is 26.3 Å². The number of ether oxygens (including phenoxy) is 1. The van der Waals surface area contributed by atoms with E-state index in [-0.39, 0.29) is 11.9 Å². The van der Waals surface area contributed by atoms with Crippen molar-refractivity contribution in [3.8, 4) is 11.6 Å². The average Bonchev–Trinajstić information content (AvgIpc) is 2.44. The highest BCUT2D eigenvalue weighted by atomic mass is 79.9. The van der Waals surface area contributed by atoms with Crippen molar-refractivity contribution in [1.29, 1.82) is 0 Å². The Kier molecular flexibility index (Phi) is 5.70. The molecule has 2 aromatic rings. The zero-order valence-corrected chi connectivity index (χ0v) is 13.7. The summed E-state index contributed by atoms with van der Waals surface area (Å²) in [7, 11) is 0. The molecular weight excluding hydrogens is 335 g/mol. The molecule has 1 heterocycles. The van der Waals surface area contributed by atoms with Gasteiger partial charge in [0.1, 0.15) is 11.6 Å². The number of hydrogen-bond donors (Lipinski definition) is 1. The van der Waals surface area contributed by atoms with E-state index in [0.717, 1.165) is 18.5 Å². The van der Waals surface area contributed by atoms with Gasteiger partial charge in [-0.1, -0.05) is 28.9 Å². The summed E-state index contributed by atoms with van der Waals surface area (Å²) in [4.78, 5) is 4.26. The number of benzene rings is 1. The lowest BCUT2D eigenvalue weighted by Gasteiger charge is -2.13. The normalized spacial score (nSPS) is 12.2. The number of hydrogen-bond acceptors (Lipinski definition) is 3. The molecule has 0 aliphatic rings. The lowest BCUT2D eigenvalue weighted by Crippen LogP contribution is -2.19. The van der Waals surface area contributed by atoms with Gasteiger partial charge in [-0.25, -0.2) is 9.37 Å². The third kappa shape index (κ3) is 4.79. The minimum atomic E-state index is -0.353. The van der Waals surface area contributed by atoms with Crippen LogP contribution < -0.4 is 10.1 Å². The van der Waals surface area contributed by atoms with Gasteiger partial charge in [-0.2, -0.15) is 0 Å². The molecule has 0 aliphatic heterocycles. The van der Waals surface area contributed by atoms with Crippen LogP contribution in [0.4, 0.5) is 4.39 Å². The fraction of sp³-hybridized carbons (Fsp3) is 0.312. The van der Waals surface area contributed by atoms with Crippen molar-refractivity contribution < 1.29 is 9.13 Å². The van der Waals surface area contributed by atoms with Crippen molar-refractivity contribution >= 4 is 15.9 Å². The first kappa shape index (κ1) is 15.9. The first-order valence-corrected chi connectivity index (χ1v) is 7.71. The lowest BCUT2D eigenvalue weighted by molar-refractivity contribution is 0.456. The standard InChI is InChI=1S/C16H18BrFN2O/c1-3-6-19-11(2)12-4-5-16(20-10-12)21-15-8-13(17)7-14(18)9-15/h4-5,7-11,19H,3,6H2,1-2H3. The number of pyridine rings is 1. The molecule has 3 nitrogen and oxygen atoms in total. The molecule has 1 unspecified atom stereocenters. The second-order valence-corrected chi connectivity index (χ2v) is 5.73. The van der Waals surface area contributed by atoms with Gasteiger partial charge < -0.3 is 10.1 Å². The summed E-state index contributed by atoms with van der Waals surface area (Å²) in [6.07, 6.45) is 2.87. The van der Waals surface area contributed by atoms with Gasteiger partial charge in [-0.15, -0.1) is 0 Å². The Hall–Kier alpha value is -1.46. The summed E-state index contributed by atoms with van der Waals surface area (Å²) >= 11 is 3.23. The van der Waals surface area contributed by atoms with Crippen LogP contribution in [0.15, 0.2) is 41.0 Å². The van der Waals surface area contributed by atoms with E-state index in [1.165, 1.54) is 12.1 Å². The molecule has 5 heteroatoms. The summed E-state index contributed by atoms with van der Waals surface area (Å²) in [5, 5.41) is 3.40. The van der Waals surface area contributed by atoms with Gasteiger partial charge in [-0.3, -0.25) is 0 Å². The van der Waals surface area contributed by atoms with Crippen molar-refractivity contribution in [3.05, 3.63) is 52.4 Å². The van der Waals surface area contributed by atoms with Gasteiger partial charge in [0.2, 0.25) is 5.88 Å². The molecule has 2 rings (SSSR count). The summed E-state index contributed by atoms with van der Waals surface area (Å²) in [5.74, 6) is 0.506. The summed E-state index contributed by atoms with van der Waals surface area (Å²) in [6.45, 7) is 5.19. The quantitative estimate of drug-likeness (QED) is 0.807. The molecule has 0 aliphatic carbocycles. The number of nitrogens with zero attached hydrogens (tertiary/aromatic N) is 1. The SMILES string of the molecule is CCCNC(C)c1ccc(Oc2cc(F)cc(Br)c2)nc1. The fourth-order valence-corrected chi connectivity index (χ4v) is 2.34. The van der Waals surface area contributed by atoms with Crippen LogP contribution in [0.1, 0.15) is 31.9 Å². The van der Waals surface area contributed by atoms with Crippen molar-refractivity contribution in [2.75, 3.05) is 6.54 Å². The van der Waals surface area contributed by atoms with Crippen molar-refractivity contribution in [1.82, 2.24) is 10.3 Å². The predicted molar refractivity (Wildman–Crippen MR) is 85.1 cm³/mol. The van der Waals surface area contributed by atoms with Crippen LogP contribution in [0.2, 0.25) is 0 Å². The summed E-state index contributed by atoms with van der Waals surface area (Å²) in [5.41, 5.74) is 1.09. The van der Waals surface area contributed by atoms with E-state index >= 15 is 0 Å². The molecule has 0 bridgehead atoms. The molecule has 0 saturated heterocycles. The molecule has 0 spiro atoms. The molecule has 21 heavy (non-hydrogen) atoms. The molecule has 0 amide bonds. The summed E-state index contributed by atoms with van der Waals surface area (Å²) < 4.78 is 19.5. The predicted octanol–water partition coefficient (Wildman–Crippen LogP) is 4.84. The monoisotopic (exact) mass is 352 g/mol. The maximum Gasteiger partial charge on any atom is 0.219 e. The zero-order valence-electron chi connectivity index (χ0n) is 12.1. The zero-order chi connectivity index (χ0) is 15.2. The Labute approximate surface area is 132 Å². The molecule has 0 radical (unpaired) electrons. The molecule has 1 atom stereocenters. The van der Waals surface area contributed by atoms with Gasteiger partial charge in [0, 0.05) is 28.8 Å². The third-order valence-corrected chi connectivity index (χ3v) is 3.48. The van der Waals surface area contributed by atoms with Crippen molar-refractivity contribution in [2.24, 2.45) is 0 Å². The Balaban J connectivity index is 2.05. The van der Waals surface area contributed by atoms with Crippen LogP contribution in [0.25, 0.3) is 0 Å². The Morgan fingerprint density at radius 2 is 2.14 bits per heavy atom.